The smallest absolute Gasteiger partial charge is 0.303 e. The molecule has 2 rings (SSSR count). The molecule has 0 aliphatic heterocycles. The molecule has 0 bridgehead atoms. The van der Waals surface area contributed by atoms with E-state index in [1.165, 1.54) is 25.7 Å². The van der Waals surface area contributed by atoms with Crippen molar-refractivity contribution in [3.8, 4) is 0 Å². The molecule has 0 amide bonds. The Balaban J connectivity index is 2.04. The minimum Gasteiger partial charge on any atom is -0.481 e. The van der Waals surface area contributed by atoms with Crippen LogP contribution in [-0.2, 0) is 11.2 Å². The molecule has 1 aliphatic rings. The van der Waals surface area contributed by atoms with Crippen molar-refractivity contribution >= 4 is 5.97 Å². The molecule has 1 N–H and O–H groups in total. The summed E-state index contributed by atoms with van der Waals surface area (Å²) in [6, 6.07) is 0. The van der Waals surface area contributed by atoms with Crippen LogP contribution in [0.2, 0.25) is 0 Å². The Morgan fingerprint density at radius 2 is 2.27 bits per heavy atom. The third-order valence-corrected chi connectivity index (χ3v) is 3.05. The zero-order valence-corrected chi connectivity index (χ0v) is 8.61. The fourth-order valence-electron chi connectivity index (χ4n) is 2.25. The topological polar surface area (TPSA) is 63.3 Å². The van der Waals surface area contributed by atoms with Crippen LogP contribution in [-0.4, -0.2) is 16.2 Å². The molecule has 0 aromatic carbocycles. The van der Waals surface area contributed by atoms with E-state index in [4.69, 9.17) is 9.63 Å². The van der Waals surface area contributed by atoms with Crippen LogP contribution in [0, 0.1) is 0 Å². The average molecular weight is 209 g/mol. The highest BCUT2D eigenvalue weighted by Gasteiger charge is 2.22. The van der Waals surface area contributed by atoms with E-state index in [1.54, 1.807) is 6.26 Å². The first-order valence-corrected chi connectivity index (χ1v) is 5.42. The average Bonchev–Trinajstić information content (AvgIpc) is 2.85. The number of carboxylic acid groups (broad SMARTS) is 1. The summed E-state index contributed by atoms with van der Waals surface area (Å²) in [5.41, 5.74) is 1.97. The first kappa shape index (κ1) is 10.2. The molecule has 1 aromatic rings. The van der Waals surface area contributed by atoms with Crippen LogP contribution in [0.4, 0.5) is 0 Å². The molecule has 1 aromatic heterocycles. The van der Waals surface area contributed by atoms with E-state index >= 15 is 0 Å². The summed E-state index contributed by atoms with van der Waals surface area (Å²) in [6.45, 7) is 0. The highest BCUT2D eigenvalue weighted by atomic mass is 16.5. The van der Waals surface area contributed by atoms with Gasteiger partial charge in [-0.2, -0.15) is 0 Å². The maximum absolute atomic E-state index is 10.5. The van der Waals surface area contributed by atoms with Crippen LogP contribution in [0.25, 0.3) is 0 Å². The molecule has 0 atom stereocenters. The zero-order valence-electron chi connectivity index (χ0n) is 8.61. The number of carbonyl (C=O) groups is 1. The van der Waals surface area contributed by atoms with Crippen molar-refractivity contribution in [3.05, 3.63) is 17.5 Å². The Kier molecular flexibility index (Phi) is 3.04. The summed E-state index contributed by atoms with van der Waals surface area (Å²) < 4.78 is 4.95. The molecule has 1 aliphatic carbocycles. The summed E-state index contributed by atoms with van der Waals surface area (Å²) in [7, 11) is 0. The fraction of sp³-hybridized carbons (Fsp3) is 0.636. The van der Waals surface area contributed by atoms with Crippen molar-refractivity contribution in [1.29, 1.82) is 0 Å². The molecule has 82 valence electrons. The molecule has 1 heterocycles. The number of aliphatic carboxylic acids is 1. The molecule has 0 spiro atoms. The van der Waals surface area contributed by atoms with Crippen molar-refractivity contribution < 1.29 is 14.4 Å². The number of hydrogen-bond acceptors (Lipinski definition) is 3. The standard InChI is InChI=1S/C11H15NO3/c13-11(14)6-5-10-9(7-15-12-10)8-3-1-2-4-8/h7-8H,1-6H2,(H,13,14). The van der Waals surface area contributed by atoms with Crippen LogP contribution in [0.1, 0.15) is 49.3 Å². The van der Waals surface area contributed by atoms with E-state index < -0.39 is 5.97 Å². The lowest BCUT2D eigenvalue weighted by Gasteiger charge is -2.06. The van der Waals surface area contributed by atoms with Gasteiger partial charge in [0.05, 0.1) is 12.1 Å². The Labute approximate surface area is 88.3 Å². The number of carboxylic acids is 1. The van der Waals surface area contributed by atoms with Crippen molar-refractivity contribution in [3.63, 3.8) is 0 Å². The van der Waals surface area contributed by atoms with E-state index in [9.17, 15) is 4.79 Å². The molecule has 0 radical (unpaired) electrons. The Bertz CT molecular complexity index is 339. The maximum atomic E-state index is 10.5. The van der Waals surface area contributed by atoms with Gasteiger partial charge in [0.25, 0.3) is 0 Å². The highest BCUT2D eigenvalue weighted by Crippen LogP contribution is 2.35. The van der Waals surface area contributed by atoms with Crippen LogP contribution in [0.5, 0.6) is 0 Å². The summed E-state index contributed by atoms with van der Waals surface area (Å²) in [4.78, 5) is 10.5. The maximum Gasteiger partial charge on any atom is 0.303 e. The van der Waals surface area contributed by atoms with Gasteiger partial charge in [0, 0.05) is 12.0 Å². The second kappa shape index (κ2) is 4.47. The first-order chi connectivity index (χ1) is 7.27. The fourth-order valence-corrected chi connectivity index (χ4v) is 2.25. The first-order valence-electron chi connectivity index (χ1n) is 5.42. The molecule has 4 nitrogen and oxygen atoms in total. The van der Waals surface area contributed by atoms with Crippen LogP contribution >= 0.6 is 0 Å². The van der Waals surface area contributed by atoms with Gasteiger partial charge in [-0.1, -0.05) is 18.0 Å². The molecule has 0 saturated heterocycles. The van der Waals surface area contributed by atoms with E-state index in [2.05, 4.69) is 5.16 Å². The van der Waals surface area contributed by atoms with Crippen molar-refractivity contribution in [2.24, 2.45) is 0 Å². The Morgan fingerprint density at radius 1 is 1.53 bits per heavy atom. The van der Waals surface area contributed by atoms with Crippen molar-refractivity contribution in [2.75, 3.05) is 0 Å². The number of rotatable bonds is 4. The highest BCUT2D eigenvalue weighted by molar-refractivity contribution is 5.67. The Hall–Kier alpha value is -1.32. The number of aromatic nitrogens is 1. The van der Waals surface area contributed by atoms with Gasteiger partial charge < -0.3 is 9.63 Å². The number of aryl methyl sites for hydroxylation is 1. The summed E-state index contributed by atoms with van der Waals surface area (Å²) in [5.74, 6) is -0.240. The van der Waals surface area contributed by atoms with E-state index in [-0.39, 0.29) is 6.42 Å². The molecule has 1 fully saturated rings. The van der Waals surface area contributed by atoms with Gasteiger partial charge in [-0.15, -0.1) is 0 Å². The number of hydrogen-bond donors (Lipinski definition) is 1. The quantitative estimate of drug-likeness (QED) is 0.826. The van der Waals surface area contributed by atoms with E-state index in [1.807, 2.05) is 0 Å². The van der Waals surface area contributed by atoms with Crippen LogP contribution in [0.3, 0.4) is 0 Å². The lowest BCUT2D eigenvalue weighted by Crippen LogP contribution is -2.01. The predicted molar refractivity (Wildman–Crippen MR) is 53.7 cm³/mol. The third kappa shape index (κ3) is 2.37. The Morgan fingerprint density at radius 3 is 2.93 bits per heavy atom. The summed E-state index contributed by atoms with van der Waals surface area (Å²) in [6.07, 6.45) is 7.18. The van der Waals surface area contributed by atoms with E-state index in [0.717, 1.165) is 11.3 Å². The zero-order chi connectivity index (χ0) is 10.7. The summed E-state index contributed by atoms with van der Waals surface area (Å²) >= 11 is 0. The lowest BCUT2D eigenvalue weighted by molar-refractivity contribution is -0.136. The molecule has 1 saturated carbocycles. The summed E-state index contributed by atoms with van der Waals surface area (Å²) in [5, 5.41) is 12.5. The van der Waals surface area contributed by atoms with Gasteiger partial charge in [0.1, 0.15) is 6.26 Å². The molecule has 4 heteroatoms. The van der Waals surface area contributed by atoms with Crippen LogP contribution in [0.15, 0.2) is 10.8 Å². The monoisotopic (exact) mass is 209 g/mol. The van der Waals surface area contributed by atoms with Gasteiger partial charge >= 0.3 is 5.97 Å². The minimum atomic E-state index is -0.782. The third-order valence-electron chi connectivity index (χ3n) is 3.05. The van der Waals surface area contributed by atoms with Gasteiger partial charge in [-0.05, 0) is 18.8 Å². The molecule has 15 heavy (non-hydrogen) atoms. The van der Waals surface area contributed by atoms with Gasteiger partial charge in [0.15, 0.2) is 0 Å². The normalized spacial score (nSPS) is 17.1. The largest absolute Gasteiger partial charge is 0.481 e. The van der Waals surface area contributed by atoms with Crippen LogP contribution < -0.4 is 0 Å². The van der Waals surface area contributed by atoms with Gasteiger partial charge in [0.2, 0.25) is 0 Å². The van der Waals surface area contributed by atoms with E-state index in [0.29, 0.717) is 12.3 Å². The minimum absolute atomic E-state index is 0.131. The second-order valence-electron chi connectivity index (χ2n) is 4.09. The van der Waals surface area contributed by atoms with Gasteiger partial charge in [-0.3, -0.25) is 4.79 Å². The lowest BCUT2D eigenvalue weighted by atomic mass is 9.97. The van der Waals surface area contributed by atoms with Crippen molar-refractivity contribution in [2.45, 2.75) is 44.4 Å². The molecular weight excluding hydrogens is 194 g/mol. The number of nitrogens with zero attached hydrogens (tertiary/aromatic N) is 1. The SMILES string of the molecule is O=C(O)CCc1nocc1C1CCCC1. The molecular formula is C11H15NO3. The second-order valence-corrected chi connectivity index (χ2v) is 4.09. The predicted octanol–water partition coefficient (Wildman–Crippen LogP) is 2.35. The molecule has 0 unspecified atom stereocenters. The van der Waals surface area contributed by atoms with Gasteiger partial charge in [-0.25, -0.2) is 0 Å². The van der Waals surface area contributed by atoms with Crippen molar-refractivity contribution in [1.82, 2.24) is 5.16 Å².